The van der Waals surface area contributed by atoms with Crippen molar-refractivity contribution in [2.24, 2.45) is 5.84 Å². The molecular weight excluding hydrogens is 375 g/mol. The number of rotatable bonds is 4. The number of benzene rings is 2. The lowest BCUT2D eigenvalue weighted by Crippen LogP contribution is -2.29. The Labute approximate surface area is 128 Å². The number of halogens is 3. The summed E-state index contributed by atoms with van der Waals surface area (Å²) in [5, 5.41) is 0. The molecule has 0 aromatic heterocycles. The maximum Gasteiger partial charge on any atom is 0.123 e. The second kappa shape index (κ2) is 6.61. The topological polar surface area (TPSA) is 38.0 Å². The Morgan fingerprint density at radius 1 is 1.16 bits per heavy atom. The average molecular weight is 388 g/mol. The monoisotopic (exact) mass is 386 g/mol. The van der Waals surface area contributed by atoms with Gasteiger partial charge in [0.2, 0.25) is 0 Å². The Morgan fingerprint density at radius 3 is 2.63 bits per heavy atom. The molecule has 0 aliphatic rings. The van der Waals surface area contributed by atoms with Crippen LogP contribution in [0.4, 0.5) is 4.39 Å². The van der Waals surface area contributed by atoms with Gasteiger partial charge in [-0.3, -0.25) is 11.3 Å². The van der Waals surface area contributed by atoms with E-state index >= 15 is 0 Å². The zero-order chi connectivity index (χ0) is 13.8. The summed E-state index contributed by atoms with van der Waals surface area (Å²) in [5.74, 6) is 5.37. The van der Waals surface area contributed by atoms with Gasteiger partial charge >= 0.3 is 0 Å². The van der Waals surface area contributed by atoms with E-state index in [2.05, 4.69) is 37.3 Å². The molecule has 0 aliphatic carbocycles. The Hall–Kier alpha value is -0.750. The van der Waals surface area contributed by atoms with E-state index < -0.39 is 0 Å². The molecule has 0 amide bonds. The van der Waals surface area contributed by atoms with Crippen LogP contribution in [0, 0.1) is 5.82 Å². The number of hydrogen-bond acceptors (Lipinski definition) is 2. The predicted octanol–water partition coefficient (Wildman–Crippen LogP) is 4.10. The van der Waals surface area contributed by atoms with Gasteiger partial charge in [-0.2, -0.15) is 0 Å². The van der Waals surface area contributed by atoms with Crippen molar-refractivity contribution in [1.82, 2.24) is 5.43 Å². The van der Waals surface area contributed by atoms with E-state index in [0.717, 1.165) is 20.1 Å². The summed E-state index contributed by atoms with van der Waals surface area (Å²) in [6.07, 6.45) is 0.602. The molecule has 100 valence electrons. The molecule has 5 heteroatoms. The van der Waals surface area contributed by atoms with Gasteiger partial charge in [-0.25, -0.2) is 4.39 Å². The van der Waals surface area contributed by atoms with E-state index in [-0.39, 0.29) is 11.9 Å². The summed E-state index contributed by atoms with van der Waals surface area (Å²) < 4.78 is 15.2. The highest BCUT2D eigenvalue weighted by Crippen LogP contribution is 2.25. The van der Waals surface area contributed by atoms with E-state index in [1.54, 1.807) is 6.07 Å². The zero-order valence-corrected chi connectivity index (χ0v) is 13.2. The molecule has 0 spiro atoms. The first-order chi connectivity index (χ1) is 9.10. The van der Waals surface area contributed by atoms with Gasteiger partial charge in [-0.1, -0.05) is 44.0 Å². The molecular formula is C14H13Br2FN2. The first-order valence-electron chi connectivity index (χ1n) is 5.75. The molecule has 0 bridgehead atoms. The maximum absolute atomic E-state index is 13.3. The molecule has 2 aromatic carbocycles. The number of hydrogen-bond donors (Lipinski definition) is 2. The van der Waals surface area contributed by atoms with Gasteiger partial charge in [0.1, 0.15) is 5.82 Å². The molecule has 0 heterocycles. The fourth-order valence-corrected chi connectivity index (χ4v) is 2.74. The summed E-state index contributed by atoms with van der Waals surface area (Å²) in [6.45, 7) is 0. The highest BCUT2D eigenvalue weighted by atomic mass is 79.9. The highest BCUT2D eigenvalue weighted by Gasteiger charge is 2.13. The lowest BCUT2D eigenvalue weighted by molar-refractivity contribution is 0.547. The summed E-state index contributed by atoms with van der Waals surface area (Å²) in [7, 11) is 0. The largest absolute Gasteiger partial charge is 0.271 e. The third kappa shape index (κ3) is 3.86. The van der Waals surface area contributed by atoms with Crippen LogP contribution in [0.15, 0.2) is 51.4 Å². The lowest BCUT2D eigenvalue weighted by atomic mass is 9.99. The molecule has 1 atom stereocenters. The number of hydrazine groups is 1. The van der Waals surface area contributed by atoms with Crippen LogP contribution in [-0.2, 0) is 6.42 Å². The standard InChI is InChI=1S/C14H13Br2FN2/c15-11-3-1-2-9(6-11)14(19-18)8-10-7-12(17)4-5-13(10)16/h1-7,14,19H,8,18H2. The molecule has 0 fully saturated rings. The fourth-order valence-electron chi connectivity index (χ4n) is 1.92. The Bertz CT molecular complexity index is 575. The Balaban J connectivity index is 2.26. The molecule has 0 saturated carbocycles. The van der Waals surface area contributed by atoms with Crippen molar-refractivity contribution in [3.8, 4) is 0 Å². The van der Waals surface area contributed by atoms with Crippen molar-refractivity contribution in [3.05, 3.63) is 68.4 Å². The zero-order valence-electron chi connectivity index (χ0n) is 10.0. The minimum absolute atomic E-state index is 0.0735. The van der Waals surface area contributed by atoms with Gasteiger partial charge < -0.3 is 0 Å². The van der Waals surface area contributed by atoms with Crippen molar-refractivity contribution >= 4 is 31.9 Å². The number of nitrogens with two attached hydrogens (primary N) is 1. The smallest absolute Gasteiger partial charge is 0.123 e. The van der Waals surface area contributed by atoms with Gasteiger partial charge in [-0.05, 0) is 47.9 Å². The van der Waals surface area contributed by atoms with Gasteiger partial charge in [0, 0.05) is 8.95 Å². The quantitative estimate of drug-likeness (QED) is 0.612. The van der Waals surface area contributed by atoms with Crippen LogP contribution in [0.25, 0.3) is 0 Å². The van der Waals surface area contributed by atoms with Gasteiger partial charge in [0.05, 0.1) is 6.04 Å². The normalized spacial score (nSPS) is 12.4. The van der Waals surface area contributed by atoms with Crippen LogP contribution < -0.4 is 11.3 Å². The first-order valence-corrected chi connectivity index (χ1v) is 7.34. The predicted molar refractivity (Wildman–Crippen MR) is 82.0 cm³/mol. The van der Waals surface area contributed by atoms with E-state index in [1.807, 2.05) is 24.3 Å². The molecule has 1 unspecified atom stereocenters. The van der Waals surface area contributed by atoms with Crippen molar-refractivity contribution in [2.75, 3.05) is 0 Å². The fraction of sp³-hybridized carbons (Fsp3) is 0.143. The minimum Gasteiger partial charge on any atom is -0.271 e. The van der Waals surface area contributed by atoms with Crippen molar-refractivity contribution < 1.29 is 4.39 Å². The van der Waals surface area contributed by atoms with Crippen molar-refractivity contribution in [3.63, 3.8) is 0 Å². The van der Waals surface area contributed by atoms with Crippen LogP contribution in [0.2, 0.25) is 0 Å². The van der Waals surface area contributed by atoms with Crippen molar-refractivity contribution in [1.29, 1.82) is 0 Å². The average Bonchev–Trinajstić information content (AvgIpc) is 2.39. The minimum atomic E-state index is -0.247. The second-order valence-electron chi connectivity index (χ2n) is 4.21. The molecule has 0 saturated heterocycles. The second-order valence-corrected chi connectivity index (χ2v) is 5.98. The van der Waals surface area contributed by atoms with E-state index in [9.17, 15) is 4.39 Å². The highest BCUT2D eigenvalue weighted by molar-refractivity contribution is 9.10. The van der Waals surface area contributed by atoms with Crippen LogP contribution in [0.3, 0.4) is 0 Å². The summed E-state index contributed by atoms with van der Waals surface area (Å²) in [5.41, 5.74) is 4.70. The van der Waals surface area contributed by atoms with Crippen molar-refractivity contribution in [2.45, 2.75) is 12.5 Å². The molecule has 2 rings (SSSR count). The molecule has 0 aliphatic heterocycles. The van der Waals surface area contributed by atoms with E-state index in [0.29, 0.717) is 6.42 Å². The van der Waals surface area contributed by atoms with E-state index in [1.165, 1.54) is 12.1 Å². The van der Waals surface area contributed by atoms with Gasteiger partial charge in [-0.15, -0.1) is 0 Å². The van der Waals surface area contributed by atoms with Crippen LogP contribution in [0.5, 0.6) is 0 Å². The molecule has 19 heavy (non-hydrogen) atoms. The Kier molecular flexibility index (Phi) is 5.10. The maximum atomic E-state index is 13.3. The molecule has 2 aromatic rings. The van der Waals surface area contributed by atoms with Crippen LogP contribution >= 0.6 is 31.9 Å². The van der Waals surface area contributed by atoms with Gasteiger partial charge in [0.15, 0.2) is 0 Å². The molecule has 0 radical (unpaired) electrons. The molecule has 3 N–H and O–H groups in total. The van der Waals surface area contributed by atoms with Crippen LogP contribution in [0.1, 0.15) is 17.2 Å². The summed E-state index contributed by atoms with van der Waals surface area (Å²) in [6, 6.07) is 12.5. The van der Waals surface area contributed by atoms with Gasteiger partial charge in [0.25, 0.3) is 0 Å². The number of nitrogens with one attached hydrogen (secondary N) is 1. The van der Waals surface area contributed by atoms with Crippen LogP contribution in [-0.4, -0.2) is 0 Å². The Morgan fingerprint density at radius 2 is 1.95 bits per heavy atom. The SMILES string of the molecule is NNC(Cc1cc(F)ccc1Br)c1cccc(Br)c1. The third-order valence-corrected chi connectivity index (χ3v) is 4.15. The lowest BCUT2D eigenvalue weighted by Gasteiger charge is -2.17. The molecule has 2 nitrogen and oxygen atoms in total. The van der Waals surface area contributed by atoms with E-state index in [4.69, 9.17) is 5.84 Å². The third-order valence-electron chi connectivity index (χ3n) is 2.88. The summed E-state index contributed by atoms with van der Waals surface area (Å²) in [4.78, 5) is 0. The summed E-state index contributed by atoms with van der Waals surface area (Å²) >= 11 is 6.86. The first kappa shape index (κ1) is 14.7.